The molecule has 0 aliphatic heterocycles. The van der Waals surface area contributed by atoms with E-state index in [1.54, 1.807) is 6.33 Å². The molecule has 0 saturated heterocycles. The van der Waals surface area contributed by atoms with E-state index in [1.807, 2.05) is 11.6 Å². The summed E-state index contributed by atoms with van der Waals surface area (Å²) in [5.74, 6) is 0.902. The Morgan fingerprint density at radius 1 is 1.33 bits per heavy atom. The Balaban J connectivity index is 1.62. The van der Waals surface area contributed by atoms with Crippen molar-refractivity contribution in [3.8, 4) is 0 Å². The second-order valence-corrected chi connectivity index (χ2v) is 4.96. The van der Waals surface area contributed by atoms with Crippen LogP contribution in [0.25, 0.3) is 11.2 Å². The van der Waals surface area contributed by atoms with Gasteiger partial charge in [-0.05, 0) is 26.3 Å². The van der Waals surface area contributed by atoms with Crippen LogP contribution in [0.5, 0.6) is 0 Å². The van der Waals surface area contributed by atoms with Gasteiger partial charge in [0.05, 0.1) is 12.0 Å². The summed E-state index contributed by atoms with van der Waals surface area (Å²) in [6.45, 7) is 5.69. The normalized spacial score (nSPS) is 11.1. The molecule has 0 saturated carbocycles. The van der Waals surface area contributed by atoms with Gasteiger partial charge in [-0.1, -0.05) is 0 Å². The fourth-order valence-electron chi connectivity index (χ4n) is 2.31. The minimum atomic E-state index is 0.218. The largest absolute Gasteiger partial charge is 0.368 e. The van der Waals surface area contributed by atoms with E-state index < -0.39 is 0 Å². The van der Waals surface area contributed by atoms with Crippen molar-refractivity contribution in [1.82, 2.24) is 29.7 Å². The standard InChI is InChI=1S/C13H18N8/c1-8-6-9(2)21(20-8)5-3-4-15-11-10-12(17-7-16-10)19-13(14)18-11/h6-7H,3-5H2,1-2H3,(H4,14,15,16,17,18,19). The number of nitrogens with one attached hydrogen (secondary N) is 2. The fourth-order valence-corrected chi connectivity index (χ4v) is 2.31. The molecule has 8 heteroatoms. The van der Waals surface area contributed by atoms with Crippen LogP contribution in [0, 0.1) is 13.8 Å². The number of aryl methyl sites for hydroxylation is 3. The predicted octanol–water partition coefficient (Wildman–Crippen LogP) is 1.25. The molecule has 4 N–H and O–H groups in total. The number of fused-ring (bicyclic) bond motifs is 1. The van der Waals surface area contributed by atoms with Gasteiger partial charge < -0.3 is 16.0 Å². The van der Waals surface area contributed by atoms with Gasteiger partial charge in [0, 0.05) is 18.8 Å². The molecule has 0 fully saturated rings. The number of nitrogen functional groups attached to an aromatic ring is 1. The van der Waals surface area contributed by atoms with E-state index >= 15 is 0 Å². The number of hydrogen-bond acceptors (Lipinski definition) is 6. The molecule has 3 aromatic heterocycles. The van der Waals surface area contributed by atoms with Crippen LogP contribution in [0.15, 0.2) is 12.4 Å². The van der Waals surface area contributed by atoms with Gasteiger partial charge in [-0.15, -0.1) is 0 Å². The van der Waals surface area contributed by atoms with E-state index in [1.165, 1.54) is 5.69 Å². The van der Waals surface area contributed by atoms with Crippen LogP contribution >= 0.6 is 0 Å². The second kappa shape index (κ2) is 5.39. The maximum atomic E-state index is 5.67. The van der Waals surface area contributed by atoms with Crippen molar-refractivity contribution in [2.45, 2.75) is 26.8 Å². The number of rotatable bonds is 5. The van der Waals surface area contributed by atoms with Crippen LogP contribution in [-0.4, -0.2) is 36.3 Å². The number of nitrogens with zero attached hydrogens (tertiary/aromatic N) is 5. The van der Waals surface area contributed by atoms with E-state index in [9.17, 15) is 0 Å². The Morgan fingerprint density at radius 3 is 2.95 bits per heavy atom. The summed E-state index contributed by atoms with van der Waals surface area (Å²) in [4.78, 5) is 15.4. The summed E-state index contributed by atoms with van der Waals surface area (Å²) in [5, 5.41) is 7.71. The molecular formula is C13H18N8. The number of aromatic nitrogens is 6. The molecule has 0 radical (unpaired) electrons. The topological polar surface area (TPSA) is 110 Å². The van der Waals surface area contributed by atoms with E-state index in [4.69, 9.17) is 5.73 Å². The Morgan fingerprint density at radius 2 is 2.19 bits per heavy atom. The molecule has 3 aromatic rings. The highest BCUT2D eigenvalue weighted by atomic mass is 15.3. The third-order valence-electron chi connectivity index (χ3n) is 3.25. The predicted molar refractivity (Wildman–Crippen MR) is 80.9 cm³/mol. The van der Waals surface area contributed by atoms with Crippen molar-refractivity contribution in [2.24, 2.45) is 0 Å². The van der Waals surface area contributed by atoms with E-state index in [0.717, 1.165) is 30.7 Å². The number of aromatic amines is 1. The monoisotopic (exact) mass is 286 g/mol. The Bertz CT molecular complexity index is 757. The van der Waals surface area contributed by atoms with E-state index in [-0.39, 0.29) is 5.95 Å². The van der Waals surface area contributed by atoms with Crippen molar-refractivity contribution in [2.75, 3.05) is 17.6 Å². The molecule has 0 aromatic carbocycles. The number of anilines is 2. The molecule has 0 spiro atoms. The highest BCUT2D eigenvalue weighted by Gasteiger charge is 2.08. The summed E-state index contributed by atoms with van der Waals surface area (Å²) in [5.41, 5.74) is 9.24. The van der Waals surface area contributed by atoms with Crippen LogP contribution in [0.4, 0.5) is 11.8 Å². The van der Waals surface area contributed by atoms with Gasteiger partial charge in [0.1, 0.15) is 5.52 Å². The SMILES string of the molecule is Cc1cc(C)n(CCCNc2nc(N)nc3nc[nH]c23)n1. The fraction of sp³-hybridized carbons (Fsp3) is 0.385. The van der Waals surface area contributed by atoms with Crippen molar-refractivity contribution in [1.29, 1.82) is 0 Å². The summed E-state index contributed by atoms with van der Waals surface area (Å²) in [7, 11) is 0. The first-order chi connectivity index (χ1) is 10.1. The number of hydrogen-bond donors (Lipinski definition) is 3. The lowest BCUT2D eigenvalue weighted by atomic mass is 10.3. The first kappa shape index (κ1) is 13.3. The maximum absolute atomic E-state index is 5.67. The lowest BCUT2D eigenvalue weighted by Gasteiger charge is -2.08. The average molecular weight is 286 g/mol. The van der Waals surface area contributed by atoms with Crippen molar-refractivity contribution in [3.63, 3.8) is 0 Å². The molecule has 0 bridgehead atoms. The lowest BCUT2D eigenvalue weighted by molar-refractivity contribution is 0.573. The minimum Gasteiger partial charge on any atom is -0.368 e. The average Bonchev–Trinajstić information content (AvgIpc) is 3.01. The molecule has 110 valence electrons. The van der Waals surface area contributed by atoms with Gasteiger partial charge in [-0.25, -0.2) is 4.98 Å². The maximum Gasteiger partial charge on any atom is 0.224 e. The van der Waals surface area contributed by atoms with Gasteiger partial charge in [0.15, 0.2) is 11.5 Å². The molecule has 0 atom stereocenters. The van der Waals surface area contributed by atoms with E-state index in [0.29, 0.717) is 11.5 Å². The molecule has 0 amide bonds. The highest BCUT2D eigenvalue weighted by Crippen LogP contribution is 2.17. The summed E-state index contributed by atoms with van der Waals surface area (Å²) >= 11 is 0. The molecular weight excluding hydrogens is 268 g/mol. The van der Waals surface area contributed by atoms with Gasteiger partial charge >= 0.3 is 0 Å². The number of H-pyrrole nitrogens is 1. The molecule has 3 heterocycles. The van der Waals surface area contributed by atoms with Crippen LogP contribution in [0.1, 0.15) is 17.8 Å². The summed E-state index contributed by atoms with van der Waals surface area (Å²) in [6, 6.07) is 2.08. The van der Waals surface area contributed by atoms with Crippen LogP contribution in [-0.2, 0) is 6.54 Å². The Labute approximate surface area is 121 Å². The smallest absolute Gasteiger partial charge is 0.224 e. The van der Waals surface area contributed by atoms with Crippen molar-refractivity contribution < 1.29 is 0 Å². The quantitative estimate of drug-likeness (QED) is 0.609. The van der Waals surface area contributed by atoms with Gasteiger partial charge in [0.2, 0.25) is 5.95 Å². The Kier molecular flexibility index (Phi) is 3.43. The van der Waals surface area contributed by atoms with Gasteiger partial charge in [0.25, 0.3) is 0 Å². The zero-order chi connectivity index (χ0) is 14.8. The molecule has 0 aliphatic carbocycles. The summed E-state index contributed by atoms with van der Waals surface area (Å²) < 4.78 is 2.01. The number of imidazole rings is 1. The third-order valence-corrected chi connectivity index (χ3v) is 3.25. The van der Waals surface area contributed by atoms with Crippen molar-refractivity contribution >= 4 is 22.9 Å². The van der Waals surface area contributed by atoms with Crippen LogP contribution < -0.4 is 11.1 Å². The Hall–Kier alpha value is -2.64. The van der Waals surface area contributed by atoms with Crippen LogP contribution in [0.2, 0.25) is 0 Å². The first-order valence-corrected chi connectivity index (χ1v) is 6.85. The lowest BCUT2D eigenvalue weighted by Crippen LogP contribution is -2.11. The van der Waals surface area contributed by atoms with Gasteiger partial charge in [-0.2, -0.15) is 15.1 Å². The van der Waals surface area contributed by atoms with Gasteiger partial charge in [-0.3, -0.25) is 4.68 Å². The third kappa shape index (κ3) is 2.78. The van der Waals surface area contributed by atoms with Crippen LogP contribution in [0.3, 0.4) is 0 Å². The van der Waals surface area contributed by atoms with E-state index in [2.05, 4.69) is 43.3 Å². The molecule has 0 unspecified atom stereocenters. The minimum absolute atomic E-state index is 0.218. The number of nitrogens with two attached hydrogens (primary N) is 1. The second-order valence-electron chi connectivity index (χ2n) is 4.96. The summed E-state index contributed by atoms with van der Waals surface area (Å²) in [6.07, 6.45) is 2.52. The first-order valence-electron chi connectivity index (χ1n) is 6.85. The molecule has 8 nitrogen and oxygen atoms in total. The highest BCUT2D eigenvalue weighted by molar-refractivity contribution is 5.83. The zero-order valence-corrected chi connectivity index (χ0v) is 12.1. The van der Waals surface area contributed by atoms with Crippen molar-refractivity contribution in [3.05, 3.63) is 23.8 Å². The zero-order valence-electron chi connectivity index (χ0n) is 12.1. The molecule has 0 aliphatic rings. The molecule has 21 heavy (non-hydrogen) atoms. The molecule has 3 rings (SSSR count).